The van der Waals surface area contributed by atoms with Gasteiger partial charge in [0.25, 0.3) is 0 Å². The zero-order valence-corrected chi connectivity index (χ0v) is 14.4. The number of piperidine rings is 1. The van der Waals surface area contributed by atoms with Crippen molar-refractivity contribution in [1.82, 2.24) is 19.8 Å². The van der Waals surface area contributed by atoms with Crippen molar-refractivity contribution < 1.29 is 9.59 Å². The Hall–Kier alpha value is -1.98. The number of nitrogens with zero attached hydrogens (tertiary/aromatic N) is 4. The standard InChI is InChI=1S/C18H26N4O2/c1-14-19-9-8-16(20-14)15-6-5-11-21(12-15)18(24)13-22-10-4-2-3-7-17(22)23/h8-9,15H,2-7,10-13H2,1H3/t15-/m0/s1. The Kier molecular flexibility index (Phi) is 5.43. The maximum Gasteiger partial charge on any atom is 0.242 e. The third kappa shape index (κ3) is 4.10. The van der Waals surface area contributed by atoms with E-state index in [4.69, 9.17) is 0 Å². The van der Waals surface area contributed by atoms with E-state index in [1.165, 1.54) is 0 Å². The van der Waals surface area contributed by atoms with E-state index in [2.05, 4.69) is 9.97 Å². The lowest BCUT2D eigenvalue weighted by molar-refractivity contribution is -0.140. The molecule has 24 heavy (non-hydrogen) atoms. The molecule has 1 aromatic heterocycles. The van der Waals surface area contributed by atoms with Gasteiger partial charge in [0.1, 0.15) is 5.82 Å². The smallest absolute Gasteiger partial charge is 0.242 e. The van der Waals surface area contributed by atoms with Crippen molar-refractivity contribution >= 4 is 11.8 Å². The number of aryl methyl sites for hydroxylation is 1. The van der Waals surface area contributed by atoms with Crippen LogP contribution < -0.4 is 0 Å². The molecule has 0 radical (unpaired) electrons. The van der Waals surface area contributed by atoms with Crippen LogP contribution in [0.4, 0.5) is 0 Å². The average Bonchev–Trinajstić information content (AvgIpc) is 2.80. The Morgan fingerprint density at radius 3 is 2.96 bits per heavy atom. The predicted octanol–water partition coefficient (Wildman–Crippen LogP) is 1.89. The van der Waals surface area contributed by atoms with Gasteiger partial charge in [-0.1, -0.05) is 6.42 Å². The summed E-state index contributed by atoms with van der Waals surface area (Å²) in [6, 6.07) is 1.95. The highest BCUT2D eigenvalue weighted by Crippen LogP contribution is 2.25. The van der Waals surface area contributed by atoms with Crippen molar-refractivity contribution in [2.45, 2.75) is 51.4 Å². The molecule has 3 rings (SSSR count). The number of hydrogen-bond acceptors (Lipinski definition) is 4. The summed E-state index contributed by atoms with van der Waals surface area (Å²) in [4.78, 5) is 37.1. The van der Waals surface area contributed by atoms with Gasteiger partial charge >= 0.3 is 0 Å². The van der Waals surface area contributed by atoms with E-state index < -0.39 is 0 Å². The molecule has 0 aromatic carbocycles. The summed E-state index contributed by atoms with van der Waals surface area (Å²) in [5.41, 5.74) is 1.02. The predicted molar refractivity (Wildman–Crippen MR) is 90.4 cm³/mol. The van der Waals surface area contributed by atoms with E-state index in [9.17, 15) is 9.59 Å². The van der Waals surface area contributed by atoms with Crippen LogP contribution in [0.5, 0.6) is 0 Å². The van der Waals surface area contributed by atoms with E-state index in [1.54, 1.807) is 11.1 Å². The SMILES string of the molecule is Cc1nccc([C@H]2CCCN(C(=O)CN3CCCCCC3=O)C2)n1. The first-order chi connectivity index (χ1) is 11.6. The molecule has 2 aliphatic heterocycles. The van der Waals surface area contributed by atoms with Crippen molar-refractivity contribution in [2.24, 2.45) is 0 Å². The summed E-state index contributed by atoms with van der Waals surface area (Å²) in [5, 5.41) is 0. The molecule has 0 spiro atoms. The molecule has 0 bridgehead atoms. The number of likely N-dealkylation sites (tertiary alicyclic amines) is 2. The molecule has 1 atom stereocenters. The van der Waals surface area contributed by atoms with Gasteiger partial charge in [0, 0.05) is 43.9 Å². The third-order valence-electron chi connectivity index (χ3n) is 4.99. The number of carbonyl (C=O) groups is 2. The first-order valence-electron chi connectivity index (χ1n) is 8.98. The first kappa shape index (κ1) is 16.9. The summed E-state index contributed by atoms with van der Waals surface area (Å²) < 4.78 is 0. The maximum absolute atomic E-state index is 12.7. The summed E-state index contributed by atoms with van der Waals surface area (Å²) in [6.07, 6.45) is 7.42. The van der Waals surface area contributed by atoms with E-state index in [0.29, 0.717) is 19.5 Å². The molecule has 0 aliphatic carbocycles. The van der Waals surface area contributed by atoms with Crippen molar-refractivity contribution in [3.05, 3.63) is 23.8 Å². The van der Waals surface area contributed by atoms with Gasteiger partial charge in [-0.3, -0.25) is 9.59 Å². The van der Waals surface area contributed by atoms with Crippen LogP contribution in [0, 0.1) is 6.92 Å². The van der Waals surface area contributed by atoms with Gasteiger partial charge in [0.2, 0.25) is 11.8 Å². The van der Waals surface area contributed by atoms with Crippen molar-refractivity contribution in [2.75, 3.05) is 26.2 Å². The second-order valence-electron chi connectivity index (χ2n) is 6.83. The minimum absolute atomic E-state index is 0.0701. The quantitative estimate of drug-likeness (QED) is 0.849. The van der Waals surface area contributed by atoms with Crippen LogP contribution in [0.15, 0.2) is 12.3 Å². The van der Waals surface area contributed by atoms with Crippen LogP contribution in [-0.4, -0.2) is 57.8 Å². The Morgan fingerprint density at radius 1 is 1.25 bits per heavy atom. The van der Waals surface area contributed by atoms with E-state index in [1.807, 2.05) is 17.9 Å². The van der Waals surface area contributed by atoms with E-state index in [0.717, 1.165) is 50.2 Å². The summed E-state index contributed by atoms with van der Waals surface area (Å²) >= 11 is 0. The van der Waals surface area contributed by atoms with Gasteiger partial charge in [-0.25, -0.2) is 9.97 Å². The number of amides is 2. The second kappa shape index (κ2) is 7.73. The molecule has 6 nitrogen and oxygen atoms in total. The van der Waals surface area contributed by atoms with Crippen LogP contribution in [0.25, 0.3) is 0 Å². The average molecular weight is 330 g/mol. The number of aromatic nitrogens is 2. The van der Waals surface area contributed by atoms with Gasteiger partial charge in [-0.05, 0) is 38.7 Å². The molecule has 2 saturated heterocycles. The molecule has 2 fully saturated rings. The maximum atomic E-state index is 12.7. The highest BCUT2D eigenvalue weighted by molar-refractivity contribution is 5.85. The topological polar surface area (TPSA) is 66.4 Å². The lowest BCUT2D eigenvalue weighted by atomic mass is 9.94. The summed E-state index contributed by atoms with van der Waals surface area (Å²) in [5.74, 6) is 1.23. The van der Waals surface area contributed by atoms with Gasteiger partial charge < -0.3 is 9.80 Å². The van der Waals surface area contributed by atoms with Crippen molar-refractivity contribution in [1.29, 1.82) is 0 Å². The molecule has 130 valence electrons. The second-order valence-corrected chi connectivity index (χ2v) is 6.83. The van der Waals surface area contributed by atoms with Crippen molar-refractivity contribution in [3.8, 4) is 0 Å². The third-order valence-corrected chi connectivity index (χ3v) is 4.99. The molecule has 2 amide bonds. The van der Waals surface area contributed by atoms with Crippen LogP contribution in [0.3, 0.4) is 0 Å². The van der Waals surface area contributed by atoms with Crippen LogP contribution >= 0.6 is 0 Å². The van der Waals surface area contributed by atoms with Gasteiger partial charge in [-0.2, -0.15) is 0 Å². The molecule has 6 heteroatoms. The number of hydrogen-bond donors (Lipinski definition) is 0. The van der Waals surface area contributed by atoms with Gasteiger partial charge in [0.15, 0.2) is 0 Å². The molecule has 1 aromatic rings. The first-order valence-corrected chi connectivity index (χ1v) is 8.98. The molecule has 0 unspecified atom stereocenters. The van der Waals surface area contributed by atoms with Crippen LogP contribution in [-0.2, 0) is 9.59 Å². The molecule has 2 aliphatic rings. The summed E-state index contributed by atoms with van der Waals surface area (Å²) in [6.45, 7) is 4.31. The van der Waals surface area contributed by atoms with Gasteiger partial charge in [-0.15, -0.1) is 0 Å². The Balaban J connectivity index is 1.61. The molecular formula is C18H26N4O2. The number of rotatable bonds is 3. The fourth-order valence-electron chi connectivity index (χ4n) is 3.62. The monoisotopic (exact) mass is 330 g/mol. The highest BCUT2D eigenvalue weighted by atomic mass is 16.2. The van der Waals surface area contributed by atoms with Crippen molar-refractivity contribution in [3.63, 3.8) is 0 Å². The Morgan fingerprint density at radius 2 is 2.12 bits per heavy atom. The Labute approximate surface area is 143 Å². The van der Waals surface area contributed by atoms with Gasteiger partial charge in [0.05, 0.1) is 6.54 Å². The lowest BCUT2D eigenvalue weighted by Crippen LogP contribution is -2.46. The lowest BCUT2D eigenvalue weighted by Gasteiger charge is -2.34. The largest absolute Gasteiger partial charge is 0.340 e. The minimum Gasteiger partial charge on any atom is -0.340 e. The van der Waals surface area contributed by atoms with Crippen LogP contribution in [0.1, 0.15) is 56.0 Å². The molecule has 3 heterocycles. The highest BCUT2D eigenvalue weighted by Gasteiger charge is 2.28. The van der Waals surface area contributed by atoms with E-state index >= 15 is 0 Å². The van der Waals surface area contributed by atoms with Crippen LogP contribution in [0.2, 0.25) is 0 Å². The summed E-state index contributed by atoms with van der Waals surface area (Å²) in [7, 11) is 0. The minimum atomic E-state index is 0.0701. The van der Waals surface area contributed by atoms with E-state index in [-0.39, 0.29) is 24.3 Å². The number of carbonyl (C=O) groups excluding carboxylic acids is 2. The Bertz CT molecular complexity index is 604. The fourth-order valence-corrected chi connectivity index (χ4v) is 3.62. The molecule has 0 N–H and O–H groups in total. The molecule has 0 saturated carbocycles. The normalized spacial score (nSPS) is 22.4. The fraction of sp³-hybridized carbons (Fsp3) is 0.667. The zero-order chi connectivity index (χ0) is 16.9. The zero-order valence-electron chi connectivity index (χ0n) is 14.4. The molecular weight excluding hydrogens is 304 g/mol.